The minimum Gasteiger partial charge on any atom is -0.308 e. The van der Waals surface area contributed by atoms with Crippen LogP contribution in [0.3, 0.4) is 0 Å². The van der Waals surface area contributed by atoms with E-state index in [-0.39, 0.29) is 0 Å². The fourth-order valence-corrected chi connectivity index (χ4v) is 1.63. The first-order valence-corrected chi connectivity index (χ1v) is 5.47. The van der Waals surface area contributed by atoms with Gasteiger partial charge in [0.2, 0.25) is 0 Å². The van der Waals surface area contributed by atoms with Crippen molar-refractivity contribution in [3.63, 3.8) is 0 Å². The van der Waals surface area contributed by atoms with Gasteiger partial charge in [0.25, 0.3) is 0 Å². The van der Waals surface area contributed by atoms with E-state index in [4.69, 9.17) is 17.4 Å². The van der Waals surface area contributed by atoms with Gasteiger partial charge in [0.05, 0.1) is 16.9 Å². The van der Waals surface area contributed by atoms with Gasteiger partial charge in [-0.1, -0.05) is 11.6 Å². The van der Waals surface area contributed by atoms with Crippen LogP contribution in [0.1, 0.15) is 17.2 Å². The van der Waals surface area contributed by atoms with Gasteiger partial charge in [0.15, 0.2) is 5.82 Å². The number of hydrogen-bond acceptors (Lipinski definition) is 5. The zero-order valence-electron chi connectivity index (χ0n) is 9.61. The second-order valence-corrected chi connectivity index (χ2v) is 4.10. The maximum absolute atomic E-state index is 5.93. The third kappa shape index (κ3) is 2.54. The smallest absolute Gasteiger partial charge is 0.152 e. The lowest BCUT2D eigenvalue weighted by atomic mass is 10.4. The zero-order chi connectivity index (χ0) is 12.4. The van der Waals surface area contributed by atoms with Crippen LogP contribution in [0.25, 0.3) is 0 Å². The Kier molecular flexibility index (Phi) is 3.26. The highest BCUT2D eigenvalue weighted by Gasteiger charge is 2.07. The van der Waals surface area contributed by atoms with Crippen LogP contribution in [0.5, 0.6) is 0 Å². The third-order valence-electron chi connectivity index (χ3n) is 2.38. The Morgan fingerprint density at radius 3 is 2.76 bits per heavy atom. The lowest BCUT2D eigenvalue weighted by Crippen LogP contribution is -2.13. The molecule has 2 heterocycles. The highest BCUT2D eigenvalue weighted by Crippen LogP contribution is 2.14. The largest absolute Gasteiger partial charge is 0.308 e. The molecule has 2 rings (SSSR count). The Labute approximate surface area is 104 Å². The molecule has 17 heavy (non-hydrogen) atoms. The van der Waals surface area contributed by atoms with Crippen LogP contribution >= 0.6 is 11.6 Å². The van der Waals surface area contributed by atoms with Gasteiger partial charge < -0.3 is 5.43 Å². The minimum atomic E-state index is 0.467. The van der Waals surface area contributed by atoms with Crippen LogP contribution in [0, 0.1) is 13.8 Å². The maximum atomic E-state index is 5.93. The predicted molar refractivity (Wildman–Crippen MR) is 65.7 cm³/mol. The summed E-state index contributed by atoms with van der Waals surface area (Å²) in [6, 6.07) is 1.77. The number of nitrogens with two attached hydrogens (primary N) is 1. The molecular weight excluding hydrogens is 240 g/mol. The molecule has 3 N–H and O–H groups in total. The molecule has 0 atom stereocenters. The summed E-state index contributed by atoms with van der Waals surface area (Å²) in [6.45, 7) is 4.25. The molecule has 7 heteroatoms. The van der Waals surface area contributed by atoms with E-state index < -0.39 is 0 Å². The Bertz CT molecular complexity index is 536. The predicted octanol–water partition coefficient (Wildman–Crippen LogP) is 1.28. The first-order chi connectivity index (χ1) is 8.10. The fourth-order valence-electron chi connectivity index (χ4n) is 1.49. The van der Waals surface area contributed by atoms with Crippen LogP contribution in [-0.4, -0.2) is 19.7 Å². The van der Waals surface area contributed by atoms with E-state index in [2.05, 4.69) is 20.5 Å². The molecule has 0 aliphatic rings. The molecule has 0 bridgehead atoms. The first-order valence-electron chi connectivity index (χ1n) is 5.09. The summed E-state index contributed by atoms with van der Waals surface area (Å²) >= 11 is 5.93. The van der Waals surface area contributed by atoms with Crippen molar-refractivity contribution in [1.29, 1.82) is 0 Å². The lowest BCUT2D eigenvalue weighted by molar-refractivity contribution is 0.635. The van der Waals surface area contributed by atoms with Crippen LogP contribution in [-0.2, 0) is 6.54 Å². The number of hydrogen-bond donors (Lipinski definition) is 2. The van der Waals surface area contributed by atoms with E-state index in [1.54, 1.807) is 16.9 Å². The molecule has 0 unspecified atom stereocenters. The molecule has 0 aliphatic heterocycles. The van der Waals surface area contributed by atoms with Crippen LogP contribution < -0.4 is 11.3 Å². The maximum Gasteiger partial charge on any atom is 0.152 e. The van der Waals surface area contributed by atoms with Gasteiger partial charge in [0, 0.05) is 11.8 Å². The Morgan fingerprint density at radius 2 is 2.18 bits per heavy atom. The Balaban J connectivity index is 2.29. The van der Waals surface area contributed by atoms with Crippen molar-refractivity contribution in [3.05, 3.63) is 34.5 Å². The molecule has 0 aromatic carbocycles. The van der Waals surface area contributed by atoms with Gasteiger partial charge in [-0.3, -0.25) is 4.68 Å². The first kappa shape index (κ1) is 11.8. The lowest BCUT2D eigenvalue weighted by Gasteiger charge is -2.06. The molecule has 2 aromatic rings. The number of aryl methyl sites for hydroxylation is 1. The van der Waals surface area contributed by atoms with E-state index in [1.165, 1.54) is 0 Å². The quantitative estimate of drug-likeness (QED) is 0.635. The monoisotopic (exact) mass is 252 g/mol. The van der Waals surface area contributed by atoms with Crippen molar-refractivity contribution in [2.45, 2.75) is 20.4 Å². The van der Waals surface area contributed by atoms with E-state index in [0.717, 1.165) is 11.4 Å². The van der Waals surface area contributed by atoms with Gasteiger partial charge >= 0.3 is 0 Å². The molecule has 0 saturated carbocycles. The normalized spacial score (nSPS) is 10.6. The van der Waals surface area contributed by atoms with E-state index in [1.807, 2.05) is 13.8 Å². The number of rotatable bonds is 3. The SMILES string of the molecule is Cc1cc(NN)nc(Cn2ncc(Cl)c2C)n1. The van der Waals surface area contributed by atoms with E-state index >= 15 is 0 Å². The second-order valence-electron chi connectivity index (χ2n) is 3.69. The number of anilines is 1. The standard InChI is InChI=1S/C10H13ClN6/c1-6-3-9(16-12)15-10(14-6)5-17-7(2)8(11)4-13-17/h3-4H,5,12H2,1-2H3,(H,14,15,16). The summed E-state index contributed by atoms with van der Waals surface area (Å²) in [4.78, 5) is 8.56. The number of nitrogen functional groups attached to an aromatic ring is 1. The van der Waals surface area contributed by atoms with Crippen molar-refractivity contribution >= 4 is 17.4 Å². The summed E-state index contributed by atoms with van der Waals surface area (Å²) in [5, 5.41) is 4.78. The van der Waals surface area contributed by atoms with Crippen LogP contribution in [0.4, 0.5) is 5.82 Å². The van der Waals surface area contributed by atoms with Crippen LogP contribution in [0.2, 0.25) is 5.02 Å². The third-order valence-corrected chi connectivity index (χ3v) is 2.75. The summed E-state index contributed by atoms with van der Waals surface area (Å²) in [5.74, 6) is 6.56. The Hall–Kier alpha value is -1.66. The number of aromatic nitrogens is 4. The highest BCUT2D eigenvalue weighted by molar-refractivity contribution is 6.31. The molecule has 2 aromatic heterocycles. The fraction of sp³-hybridized carbons (Fsp3) is 0.300. The average Bonchev–Trinajstić information content (AvgIpc) is 2.60. The van der Waals surface area contributed by atoms with Gasteiger partial charge in [-0.2, -0.15) is 5.10 Å². The zero-order valence-corrected chi connectivity index (χ0v) is 10.4. The van der Waals surface area contributed by atoms with Crippen molar-refractivity contribution in [2.24, 2.45) is 5.84 Å². The molecule has 0 spiro atoms. The van der Waals surface area contributed by atoms with E-state index in [0.29, 0.717) is 23.2 Å². The summed E-state index contributed by atoms with van der Waals surface area (Å²) in [7, 11) is 0. The van der Waals surface area contributed by atoms with Crippen molar-refractivity contribution < 1.29 is 0 Å². The van der Waals surface area contributed by atoms with Gasteiger partial charge in [-0.25, -0.2) is 15.8 Å². The summed E-state index contributed by atoms with van der Waals surface area (Å²) in [5.41, 5.74) is 4.24. The average molecular weight is 253 g/mol. The summed E-state index contributed by atoms with van der Waals surface area (Å²) in [6.07, 6.45) is 1.61. The van der Waals surface area contributed by atoms with Crippen molar-refractivity contribution in [1.82, 2.24) is 19.7 Å². The molecule has 90 valence electrons. The minimum absolute atomic E-state index is 0.467. The highest BCUT2D eigenvalue weighted by atomic mass is 35.5. The number of halogens is 1. The molecular formula is C10H13ClN6. The molecule has 0 fully saturated rings. The van der Waals surface area contributed by atoms with Crippen LogP contribution in [0.15, 0.2) is 12.3 Å². The number of hydrazine groups is 1. The second kappa shape index (κ2) is 4.68. The number of nitrogens with one attached hydrogen (secondary N) is 1. The molecule has 0 amide bonds. The van der Waals surface area contributed by atoms with Crippen molar-refractivity contribution in [3.8, 4) is 0 Å². The Morgan fingerprint density at radius 1 is 1.41 bits per heavy atom. The van der Waals surface area contributed by atoms with Gasteiger partial charge in [-0.15, -0.1) is 0 Å². The molecule has 0 radical (unpaired) electrons. The van der Waals surface area contributed by atoms with E-state index in [9.17, 15) is 0 Å². The van der Waals surface area contributed by atoms with Crippen molar-refractivity contribution in [2.75, 3.05) is 5.43 Å². The topological polar surface area (TPSA) is 81.6 Å². The van der Waals surface area contributed by atoms with Gasteiger partial charge in [-0.05, 0) is 13.8 Å². The summed E-state index contributed by atoms with van der Waals surface area (Å²) < 4.78 is 1.75. The number of nitrogens with zero attached hydrogens (tertiary/aromatic N) is 4. The molecule has 0 saturated heterocycles. The van der Waals surface area contributed by atoms with Gasteiger partial charge in [0.1, 0.15) is 12.4 Å². The molecule has 6 nitrogen and oxygen atoms in total. The molecule has 0 aliphatic carbocycles.